The van der Waals surface area contributed by atoms with Crippen molar-refractivity contribution in [2.24, 2.45) is 5.92 Å². The first-order valence-corrected chi connectivity index (χ1v) is 13.9. The van der Waals surface area contributed by atoms with Gasteiger partial charge in [-0.05, 0) is 55.7 Å². The van der Waals surface area contributed by atoms with Crippen molar-refractivity contribution >= 4 is 27.3 Å². The number of halogens is 1. The van der Waals surface area contributed by atoms with Gasteiger partial charge in [0.15, 0.2) is 0 Å². The van der Waals surface area contributed by atoms with Crippen molar-refractivity contribution in [3.05, 3.63) is 45.3 Å². The van der Waals surface area contributed by atoms with Crippen LogP contribution in [0.25, 0.3) is 0 Å². The zero-order valence-corrected chi connectivity index (χ0v) is 21.8. The Morgan fingerprint density at radius 3 is 2.69 bits per heavy atom. The molecule has 2 saturated heterocycles. The normalized spacial score (nSPS) is 20.0. The quantitative estimate of drug-likeness (QED) is 0.565. The summed E-state index contributed by atoms with van der Waals surface area (Å²) >= 11 is 6.39. The number of sulfonamides is 1. The third-order valence-electron chi connectivity index (χ3n) is 6.80. The van der Waals surface area contributed by atoms with Gasteiger partial charge >= 0.3 is 0 Å². The summed E-state index contributed by atoms with van der Waals surface area (Å²) in [5.74, 6) is 0.710. The van der Waals surface area contributed by atoms with Crippen molar-refractivity contribution in [1.29, 1.82) is 0 Å². The molecule has 0 radical (unpaired) electrons. The van der Waals surface area contributed by atoms with Crippen LogP contribution in [0.4, 0.5) is 5.69 Å². The summed E-state index contributed by atoms with van der Waals surface area (Å²) in [6.07, 6.45) is 5.34. The molecule has 2 aliphatic heterocycles. The Hall–Kier alpha value is -2.14. The highest BCUT2D eigenvalue weighted by Gasteiger charge is 2.33. The lowest BCUT2D eigenvalue weighted by atomic mass is 10.0. The molecule has 0 aliphatic carbocycles. The maximum absolute atomic E-state index is 13.4. The van der Waals surface area contributed by atoms with E-state index in [9.17, 15) is 13.2 Å². The smallest absolute Gasteiger partial charge is 0.287 e. The zero-order chi connectivity index (χ0) is 25.0. The minimum atomic E-state index is -3.73. The first-order chi connectivity index (χ1) is 16.8. The summed E-state index contributed by atoms with van der Waals surface area (Å²) in [7, 11) is -2.26. The maximum atomic E-state index is 13.4. The molecular weight excluding hydrogens is 492 g/mol. The number of anilines is 1. The minimum absolute atomic E-state index is 0.105. The van der Waals surface area contributed by atoms with Crippen LogP contribution in [-0.2, 0) is 21.2 Å². The fourth-order valence-electron chi connectivity index (χ4n) is 4.66. The number of benzene rings is 1. The average molecular weight is 525 g/mol. The van der Waals surface area contributed by atoms with Crippen LogP contribution in [-0.4, -0.2) is 62.5 Å². The van der Waals surface area contributed by atoms with Crippen LogP contribution in [0.15, 0.2) is 34.1 Å². The molecule has 1 N–H and O–H groups in total. The highest BCUT2D eigenvalue weighted by molar-refractivity contribution is 7.89. The molecule has 0 bridgehead atoms. The number of hydrogen-bond donors (Lipinski definition) is 1. The van der Waals surface area contributed by atoms with Gasteiger partial charge in [-0.2, -0.15) is 9.40 Å². The monoisotopic (exact) mass is 524 g/mol. The van der Waals surface area contributed by atoms with Crippen molar-refractivity contribution in [2.45, 2.75) is 50.0 Å². The van der Waals surface area contributed by atoms with E-state index in [4.69, 9.17) is 21.1 Å². The minimum Gasteiger partial charge on any atom is -0.495 e. The molecule has 11 heteroatoms. The van der Waals surface area contributed by atoms with Gasteiger partial charge in [0.1, 0.15) is 15.7 Å². The first-order valence-electron chi connectivity index (χ1n) is 12.1. The summed E-state index contributed by atoms with van der Waals surface area (Å²) in [6, 6.07) is 5.02. The molecule has 4 rings (SSSR count). The molecule has 9 nitrogen and oxygen atoms in total. The lowest BCUT2D eigenvalue weighted by Gasteiger charge is -2.32. The molecule has 2 fully saturated rings. The number of nitrogens with one attached hydrogen (secondary N) is 1. The average Bonchev–Trinajstić information content (AvgIpc) is 2.90. The summed E-state index contributed by atoms with van der Waals surface area (Å²) < 4.78 is 40.4. The number of piperidine rings is 1. The molecule has 1 aromatic heterocycles. The molecule has 0 amide bonds. The van der Waals surface area contributed by atoms with Crippen LogP contribution < -0.4 is 15.6 Å². The Morgan fingerprint density at radius 1 is 1.26 bits per heavy atom. The lowest BCUT2D eigenvalue weighted by molar-refractivity contribution is 0.0595. The molecule has 0 spiro atoms. The van der Waals surface area contributed by atoms with Gasteiger partial charge in [0.05, 0.1) is 31.6 Å². The van der Waals surface area contributed by atoms with E-state index in [1.807, 2.05) is 13.0 Å². The SMILES string of the molecule is CCc1ccc(OC)c(S(=O)(=O)N2CCC(n3ncc(NC[C@H]4CCCOC4)c(Cl)c3=O)CC2)c1. The van der Waals surface area contributed by atoms with Gasteiger partial charge in [0, 0.05) is 26.2 Å². The van der Waals surface area contributed by atoms with E-state index >= 15 is 0 Å². The second-order valence-electron chi connectivity index (χ2n) is 9.06. The standard InChI is InChI=1S/C24H33ClN4O5S/c1-3-17-6-7-21(33-2)22(13-17)35(31,32)28-10-8-19(9-11-28)29-24(30)23(25)20(15-27-29)26-14-18-5-4-12-34-16-18/h6-7,13,15,18-19,26H,3-5,8-12,14,16H2,1-2H3/t18-/m1/s1. The van der Waals surface area contributed by atoms with Gasteiger partial charge in [-0.1, -0.05) is 24.6 Å². The molecule has 35 heavy (non-hydrogen) atoms. The largest absolute Gasteiger partial charge is 0.495 e. The van der Waals surface area contributed by atoms with Gasteiger partial charge in [0.2, 0.25) is 10.0 Å². The van der Waals surface area contributed by atoms with Crippen LogP contribution in [0.2, 0.25) is 5.02 Å². The number of rotatable bonds is 8. The van der Waals surface area contributed by atoms with Gasteiger partial charge in [-0.15, -0.1) is 0 Å². The fraction of sp³-hybridized carbons (Fsp3) is 0.583. The van der Waals surface area contributed by atoms with Crippen molar-refractivity contribution in [3.63, 3.8) is 0 Å². The third-order valence-corrected chi connectivity index (χ3v) is 9.09. The van der Waals surface area contributed by atoms with Crippen LogP contribution >= 0.6 is 11.6 Å². The predicted octanol–water partition coefficient (Wildman–Crippen LogP) is 3.33. The van der Waals surface area contributed by atoms with E-state index in [0.29, 0.717) is 43.3 Å². The van der Waals surface area contributed by atoms with Crippen molar-refractivity contribution < 1.29 is 17.9 Å². The molecule has 2 aliphatic rings. The number of aromatic nitrogens is 2. The van der Waals surface area contributed by atoms with E-state index < -0.39 is 10.0 Å². The zero-order valence-electron chi connectivity index (χ0n) is 20.2. The van der Waals surface area contributed by atoms with Crippen LogP contribution in [0.3, 0.4) is 0 Å². The third kappa shape index (κ3) is 5.66. The van der Waals surface area contributed by atoms with Crippen molar-refractivity contribution in [1.82, 2.24) is 14.1 Å². The van der Waals surface area contributed by atoms with Crippen LogP contribution in [0.1, 0.15) is 44.2 Å². The van der Waals surface area contributed by atoms with E-state index in [2.05, 4.69) is 10.4 Å². The molecule has 0 saturated carbocycles. The Labute approximate surface area is 211 Å². The molecule has 192 valence electrons. The second kappa shape index (κ2) is 11.3. The number of methoxy groups -OCH3 is 1. The summed E-state index contributed by atoms with van der Waals surface area (Å²) in [5, 5.41) is 7.70. The molecular formula is C24H33ClN4O5S. The van der Waals surface area contributed by atoms with Gasteiger partial charge in [-0.3, -0.25) is 4.79 Å². The Bertz CT molecular complexity index is 1190. The van der Waals surface area contributed by atoms with Crippen LogP contribution in [0, 0.1) is 5.92 Å². The number of hydrogen-bond acceptors (Lipinski definition) is 7. The second-order valence-corrected chi connectivity index (χ2v) is 11.3. The van der Waals surface area contributed by atoms with Crippen molar-refractivity contribution in [3.8, 4) is 5.75 Å². The highest BCUT2D eigenvalue weighted by Crippen LogP contribution is 2.32. The molecule has 0 unspecified atom stereocenters. The van der Waals surface area contributed by atoms with E-state index in [1.54, 1.807) is 18.3 Å². The molecule has 1 aromatic carbocycles. The van der Waals surface area contributed by atoms with E-state index in [0.717, 1.165) is 31.4 Å². The number of aryl methyl sites for hydroxylation is 1. The van der Waals surface area contributed by atoms with Gasteiger partial charge in [0.25, 0.3) is 5.56 Å². The summed E-state index contributed by atoms with van der Waals surface area (Å²) in [5.41, 5.74) is 1.07. The van der Waals surface area contributed by atoms with Crippen molar-refractivity contribution in [2.75, 3.05) is 45.3 Å². The topological polar surface area (TPSA) is 103 Å². The molecule has 1 atom stereocenters. The Kier molecular flexibility index (Phi) is 8.36. The highest BCUT2D eigenvalue weighted by atomic mass is 35.5. The van der Waals surface area contributed by atoms with E-state index in [-0.39, 0.29) is 34.6 Å². The van der Waals surface area contributed by atoms with E-state index in [1.165, 1.54) is 16.1 Å². The van der Waals surface area contributed by atoms with Gasteiger partial charge < -0.3 is 14.8 Å². The maximum Gasteiger partial charge on any atom is 0.287 e. The number of nitrogens with zero attached hydrogens (tertiary/aromatic N) is 3. The Morgan fingerprint density at radius 2 is 2.03 bits per heavy atom. The Balaban J connectivity index is 1.44. The summed E-state index contributed by atoms with van der Waals surface area (Å²) in [4.78, 5) is 13.1. The number of ether oxygens (including phenoxy) is 2. The molecule has 2 aromatic rings. The van der Waals surface area contributed by atoms with Gasteiger partial charge in [-0.25, -0.2) is 13.1 Å². The molecule has 3 heterocycles. The van der Waals surface area contributed by atoms with Crippen LogP contribution in [0.5, 0.6) is 5.75 Å². The lowest BCUT2D eigenvalue weighted by Crippen LogP contribution is -2.41. The summed E-state index contributed by atoms with van der Waals surface area (Å²) in [6.45, 7) is 4.70. The first kappa shape index (κ1) is 25.9. The fourth-order valence-corrected chi connectivity index (χ4v) is 6.54. The predicted molar refractivity (Wildman–Crippen MR) is 135 cm³/mol.